The van der Waals surface area contributed by atoms with Crippen LogP contribution in [0.3, 0.4) is 0 Å². The summed E-state index contributed by atoms with van der Waals surface area (Å²) in [5, 5.41) is 3.34. The number of unbranched alkanes of at least 4 members (excludes halogenated alkanes) is 1. The Balaban J connectivity index is 1.88. The first-order chi connectivity index (χ1) is 17.9. The molecule has 1 N–H and O–H groups in total. The normalized spacial score (nSPS) is 12.4. The molecule has 0 bridgehead atoms. The van der Waals surface area contributed by atoms with Crippen LogP contribution in [0.2, 0.25) is 0 Å². The summed E-state index contributed by atoms with van der Waals surface area (Å²) in [6.07, 6.45) is 2.24. The highest BCUT2D eigenvalue weighted by molar-refractivity contribution is 5.96. The number of esters is 1. The highest BCUT2D eigenvalue weighted by atomic mass is 19.1. The number of halogens is 2. The smallest absolute Gasteiger partial charge is 0.311 e. The Kier molecular flexibility index (Phi) is 10.6. The second-order valence-corrected chi connectivity index (χ2v) is 8.73. The van der Waals surface area contributed by atoms with Crippen molar-refractivity contribution in [2.24, 2.45) is 5.92 Å². The lowest BCUT2D eigenvalue weighted by Gasteiger charge is -2.28. The van der Waals surface area contributed by atoms with Gasteiger partial charge in [0, 0.05) is 17.7 Å². The third-order valence-corrected chi connectivity index (χ3v) is 6.01. The minimum absolute atomic E-state index is 0.0644. The van der Waals surface area contributed by atoms with Crippen LogP contribution in [0.1, 0.15) is 61.5 Å². The summed E-state index contributed by atoms with van der Waals surface area (Å²) in [5.41, 5.74) is 1.79. The van der Waals surface area contributed by atoms with Crippen molar-refractivity contribution < 1.29 is 27.8 Å². The van der Waals surface area contributed by atoms with E-state index in [0.717, 1.165) is 24.2 Å². The first-order valence-corrected chi connectivity index (χ1v) is 12.6. The van der Waals surface area contributed by atoms with Gasteiger partial charge in [-0.1, -0.05) is 25.5 Å². The third kappa shape index (κ3) is 8.41. The molecule has 0 radical (unpaired) electrons. The lowest BCUT2D eigenvalue weighted by atomic mass is 9.87. The molecule has 3 rings (SSSR count). The van der Waals surface area contributed by atoms with Gasteiger partial charge < -0.3 is 14.8 Å². The van der Waals surface area contributed by atoms with E-state index in [1.54, 1.807) is 19.1 Å². The van der Waals surface area contributed by atoms with E-state index in [9.17, 15) is 18.4 Å². The molecule has 0 aliphatic rings. The predicted molar refractivity (Wildman–Crippen MR) is 140 cm³/mol. The van der Waals surface area contributed by atoms with Gasteiger partial charge >= 0.3 is 5.97 Å². The monoisotopic (exact) mass is 509 g/mol. The summed E-state index contributed by atoms with van der Waals surface area (Å²) in [6, 6.07) is 18.1. The maximum Gasteiger partial charge on any atom is 0.311 e. The second-order valence-electron chi connectivity index (χ2n) is 8.73. The molecular formula is C30H33F2NO4. The summed E-state index contributed by atoms with van der Waals surface area (Å²) in [7, 11) is 0. The summed E-state index contributed by atoms with van der Waals surface area (Å²) in [4.78, 5) is 25.9. The highest BCUT2D eigenvalue weighted by Crippen LogP contribution is 2.33. The highest BCUT2D eigenvalue weighted by Gasteiger charge is 2.32. The Morgan fingerprint density at radius 2 is 1.49 bits per heavy atom. The molecule has 3 aromatic carbocycles. The molecule has 0 heterocycles. The number of ether oxygens (including phenoxy) is 2. The standard InChI is InChI=1S/C30H33F2NO4/c1-3-5-20-37-26-16-8-22(9-17-26)29(33-25-14-12-24(32)13-15-25)27(30(35)36-4-2)18-19-28(34)21-6-10-23(31)11-7-21/h6-17,27,29,33H,3-5,18-20H2,1-2H3/t27?,29-/m1/s1. The zero-order valence-electron chi connectivity index (χ0n) is 21.2. The van der Waals surface area contributed by atoms with Gasteiger partial charge in [0.05, 0.1) is 25.2 Å². The quantitative estimate of drug-likeness (QED) is 0.142. The van der Waals surface area contributed by atoms with Crippen LogP contribution < -0.4 is 10.1 Å². The summed E-state index contributed by atoms with van der Waals surface area (Å²) in [6.45, 7) is 4.62. The number of rotatable bonds is 14. The van der Waals surface area contributed by atoms with Crippen LogP contribution in [0.25, 0.3) is 0 Å². The SMILES string of the molecule is CCCCOc1ccc([C@@H](Nc2ccc(F)cc2)C(CCC(=O)c2ccc(F)cc2)C(=O)OCC)cc1. The van der Waals surface area contributed by atoms with Crippen LogP contribution in [-0.4, -0.2) is 25.0 Å². The number of hydrogen-bond acceptors (Lipinski definition) is 5. The first kappa shape index (κ1) is 27.8. The molecule has 0 fully saturated rings. The fourth-order valence-corrected chi connectivity index (χ4v) is 3.98. The van der Waals surface area contributed by atoms with Gasteiger partial charge in [0.1, 0.15) is 17.4 Å². The summed E-state index contributed by atoms with van der Waals surface area (Å²) < 4.78 is 38.0. The molecule has 196 valence electrons. The number of benzene rings is 3. The Morgan fingerprint density at radius 3 is 2.08 bits per heavy atom. The molecule has 2 atom stereocenters. The van der Waals surface area contributed by atoms with Gasteiger partial charge in [-0.25, -0.2) is 8.78 Å². The maximum atomic E-state index is 13.5. The van der Waals surface area contributed by atoms with E-state index >= 15 is 0 Å². The minimum atomic E-state index is -0.721. The largest absolute Gasteiger partial charge is 0.494 e. The molecule has 1 unspecified atom stereocenters. The Bertz CT molecular complexity index is 1130. The van der Waals surface area contributed by atoms with Gasteiger partial charge in [-0.15, -0.1) is 0 Å². The van der Waals surface area contributed by atoms with Crippen LogP contribution in [0, 0.1) is 17.6 Å². The number of ketones is 1. The predicted octanol–water partition coefficient (Wildman–Crippen LogP) is 7.14. The van der Waals surface area contributed by atoms with E-state index in [1.165, 1.54) is 36.4 Å². The molecule has 0 aliphatic heterocycles. The zero-order valence-corrected chi connectivity index (χ0v) is 21.2. The Labute approximate surface area is 216 Å². The third-order valence-electron chi connectivity index (χ3n) is 6.01. The van der Waals surface area contributed by atoms with Gasteiger partial charge in [0.15, 0.2) is 5.78 Å². The average molecular weight is 510 g/mol. The van der Waals surface area contributed by atoms with E-state index in [2.05, 4.69) is 12.2 Å². The molecule has 0 amide bonds. The van der Waals surface area contributed by atoms with Crippen molar-refractivity contribution in [2.75, 3.05) is 18.5 Å². The lowest BCUT2D eigenvalue weighted by molar-refractivity contribution is -0.148. The molecule has 0 saturated heterocycles. The van der Waals surface area contributed by atoms with E-state index in [4.69, 9.17) is 9.47 Å². The fourth-order valence-electron chi connectivity index (χ4n) is 3.98. The number of nitrogens with one attached hydrogen (secondary N) is 1. The number of anilines is 1. The zero-order chi connectivity index (χ0) is 26.6. The Morgan fingerprint density at radius 1 is 0.865 bits per heavy atom. The molecule has 0 aliphatic carbocycles. The second kappa shape index (κ2) is 14.1. The van der Waals surface area contributed by atoms with Crippen LogP contribution >= 0.6 is 0 Å². The van der Waals surface area contributed by atoms with Crippen LogP contribution in [0.4, 0.5) is 14.5 Å². The van der Waals surface area contributed by atoms with E-state index in [0.29, 0.717) is 17.9 Å². The van der Waals surface area contributed by atoms with Crippen molar-refractivity contribution in [3.8, 4) is 5.75 Å². The van der Waals surface area contributed by atoms with Crippen molar-refractivity contribution in [2.45, 2.75) is 45.6 Å². The van der Waals surface area contributed by atoms with Gasteiger partial charge in [-0.05, 0) is 86.0 Å². The van der Waals surface area contributed by atoms with Crippen molar-refractivity contribution in [1.29, 1.82) is 0 Å². The van der Waals surface area contributed by atoms with Crippen molar-refractivity contribution >= 4 is 17.4 Å². The van der Waals surface area contributed by atoms with E-state index < -0.39 is 23.7 Å². The number of carbonyl (C=O) groups is 2. The van der Waals surface area contributed by atoms with Crippen LogP contribution in [0.5, 0.6) is 5.75 Å². The molecule has 5 nitrogen and oxygen atoms in total. The van der Waals surface area contributed by atoms with Crippen LogP contribution in [0.15, 0.2) is 72.8 Å². The molecule has 0 saturated carbocycles. The van der Waals surface area contributed by atoms with Gasteiger partial charge in [0.2, 0.25) is 0 Å². The minimum Gasteiger partial charge on any atom is -0.494 e. The van der Waals surface area contributed by atoms with E-state index in [1.807, 2.05) is 24.3 Å². The van der Waals surface area contributed by atoms with Crippen LogP contribution in [-0.2, 0) is 9.53 Å². The summed E-state index contributed by atoms with van der Waals surface area (Å²) in [5.74, 6) is -1.45. The first-order valence-electron chi connectivity index (χ1n) is 12.6. The molecule has 3 aromatic rings. The average Bonchev–Trinajstić information content (AvgIpc) is 2.90. The number of hydrogen-bond donors (Lipinski definition) is 1. The van der Waals surface area contributed by atoms with Gasteiger partial charge in [-0.3, -0.25) is 9.59 Å². The molecule has 0 spiro atoms. The number of carbonyl (C=O) groups excluding carboxylic acids is 2. The van der Waals surface area contributed by atoms with Crippen molar-refractivity contribution in [1.82, 2.24) is 0 Å². The topological polar surface area (TPSA) is 64.6 Å². The lowest BCUT2D eigenvalue weighted by Crippen LogP contribution is -2.30. The molecule has 37 heavy (non-hydrogen) atoms. The molecule has 0 aromatic heterocycles. The fraction of sp³-hybridized carbons (Fsp3) is 0.333. The van der Waals surface area contributed by atoms with Crippen molar-refractivity contribution in [3.63, 3.8) is 0 Å². The molecule has 7 heteroatoms. The van der Waals surface area contributed by atoms with E-state index in [-0.39, 0.29) is 31.0 Å². The number of Topliss-reactive ketones (excluding diaryl/α,β-unsaturated/α-hetero) is 1. The van der Waals surface area contributed by atoms with Crippen molar-refractivity contribution in [3.05, 3.63) is 95.6 Å². The Hall–Kier alpha value is -3.74. The van der Waals surface area contributed by atoms with Gasteiger partial charge in [0.25, 0.3) is 0 Å². The van der Waals surface area contributed by atoms with Gasteiger partial charge in [-0.2, -0.15) is 0 Å². The maximum absolute atomic E-state index is 13.5. The molecular weight excluding hydrogens is 476 g/mol. The summed E-state index contributed by atoms with van der Waals surface area (Å²) >= 11 is 0.